The Kier molecular flexibility index (Phi) is 4.94. The molecule has 0 amide bonds. The van der Waals surface area contributed by atoms with E-state index in [1.807, 2.05) is 13.0 Å². The van der Waals surface area contributed by atoms with Crippen LogP contribution in [0.4, 0.5) is 4.39 Å². The second-order valence-corrected chi connectivity index (χ2v) is 4.74. The first-order chi connectivity index (χ1) is 7.56. The molecule has 0 aliphatic carbocycles. The standard InChI is InChI=1S/C14H22FN/c1-3-4-5-6-10-14(2,16)12-8-7-9-13(15)11-12/h7-9,11H,3-6,10,16H2,1-2H3. The summed E-state index contributed by atoms with van der Waals surface area (Å²) in [7, 11) is 0. The highest BCUT2D eigenvalue weighted by atomic mass is 19.1. The van der Waals surface area contributed by atoms with Crippen molar-refractivity contribution in [1.82, 2.24) is 0 Å². The van der Waals surface area contributed by atoms with Crippen LogP contribution < -0.4 is 5.73 Å². The molecule has 0 saturated heterocycles. The molecule has 0 bridgehead atoms. The smallest absolute Gasteiger partial charge is 0.123 e. The molecule has 0 aliphatic heterocycles. The molecule has 90 valence electrons. The second kappa shape index (κ2) is 6.00. The lowest BCUT2D eigenvalue weighted by atomic mass is 9.87. The topological polar surface area (TPSA) is 26.0 Å². The molecule has 2 N–H and O–H groups in total. The minimum absolute atomic E-state index is 0.206. The van der Waals surface area contributed by atoms with E-state index in [4.69, 9.17) is 5.73 Å². The summed E-state index contributed by atoms with van der Waals surface area (Å²) in [5.74, 6) is -0.206. The van der Waals surface area contributed by atoms with Gasteiger partial charge in [0, 0.05) is 5.54 Å². The lowest BCUT2D eigenvalue weighted by Gasteiger charge is -2.25. The van der Waals surface area contributed by atoms with Gasteiger partial charge < -0.3 is 5.73 Å². The van der Waals surface area contributed by atoms with Gasteiger partial charge in [-0.2, -0.15) is 0 Å². The molecule has 0 aliphatic rings. The number of rotatable bonds is 6. The van der Waals surface area contributed by atoms with Gasteiger partial charge in [0.25, 0.3) is 0 Å². The first-order valence-electron chi connectivity index (χ1n) is 6.11. The van der Waals surface area contributed by atoms with Crippen molar-refractivity contribution >= 4 is 0 Å². The SMILES string of the molecule is CCCCCCC(C)(N)c1cccc(F)c1. The molecule has 16 heavy (non-hydrogen) atoms. The molecule has 0 heterocycles. The van der Waals surface area contributed by atoms with Crippen LogP contribution in [-0.4, -0.2) is 0 Å². The van der Waals surface area contributed by atoms with Gasteiger partial charge >= 0.3 is 0 Å². The molecule has 1 unspecified atom stereocenters. The van der Waals surface area contributed by atoms with Crippen molar-refractivity contribution in [3.05, 3.63) is 35.6 Å². The Morgan fingerprint density at radius 2 is 2.00 bits per heavy atom. The molecule has 1 aromatic rings. The molecule has 1 atom stereocenters. The average molecular weight is 223 g/mol. The van der Waals surface area contributed by atoms with Crippen LogP contribution >= 0.6 is 0 Å². The van der Waals surface area contributed by atoms with E-state index < -0.39 is 5.54 Å². The summed E-state index contributed by atoms with van der Waals surface area (Å²) in [6.07, 6.45) is 5.70. The zero-order valence-corrected chi connectivity index (χ0v) is 10.3. The molecule has 0 fully saturated rings. The Labute approximate surface area is 97.9 Å². The Morgan fingerprint density at radius 3 is 2.62 bits per heavy atom. The highest BCUT2D eigenvalue weighted by molar-refractivity contribution is 5.23. The molecule has 1 nitrogen and oxygen atoms in total. The summed E-state index contributed by atoms with van der Waals surface area (Å²) in [5, 5.41) is 0. The summed E-state index contributed by atoms with van der Waals surface area (Å²) >= 11 is 0. The van der Waals surface area contributed by atoms with Crippen LogP contribution in [0.1, 0.15) is 51.5 Å². The molecule has 0 radical (unpaired) electrons. The monoisotopic (exact) mass is 223 g/mol. The number of unbranched alkanes of at least 4 members (excludes halogenated alkanes) is 3. The maximum atomic E-state index is 13.1. The van der Waals surface area contributed by atoms with E-state index in [0.29, 0.717) is 0 Å². The van der Waals surface area contributed by atoms with E-state index in [9.17, 15) is 4.39 Å². The lowest BCUT2D eigenvalue weighted by molar-refractivity contribution is 0.421. The number of hydrogen-bond donors (Lipinski definition) is 1. The number of halogens is 1. The molecule has 0 saturated carbocycles. The maximum absolute atomic E-state index is 13.1. The van der Waals surface area contributed by atoms with E-state index in [-0.39, 0.29) is 5.82 Å². The minimum atomic E-state index is -0.407. The highest BCUT2D eigenvalue weighted by Gasteiger charge is 2.20. The van der Waals surface area contributed by atoms with Crippen molar-refractivity contribution in [2.45, 2.75) is 51.5 Å². The molecular weight excluding hydrogens is 201 g/mol. The summed E-state index contributed by atoms with van der Waals surface area (Å²) < 4.78 is 13.1. The van der Waals surface area contributed by atoms with Gasteiger partial charge in [0.1, 0.15) is 5.82 Å². The van der Waals surface area contributed by atoms with E-state index in [0.717, 1.165) is 18.4 Å². The number of hydrogen-bond acceptors (Lipinski definition) is 1. The van der Waals surface area contributed by atoms with Crippen molar-refractivity contribution < 1.29 is 4.39 Å². The summed E-state index contributed by atoms with van der Waals surface area (Å²) in [4.78, 5) is 0. The van der Waals surface area contributed by atoms with E-state index in [1.165, 1.54) is 25.3 Å². The fourth-order valence-corrected chi connectivity index (χ4v) is 1.91. The average Bonchev–Trinajstić information content (AvgIpc) is 2.24. The van der Waals surface area contributed by atoms with Gasteiger partial charge in [0.15, 0.2) is 0 Å². The van der Waals surface area contributed by atoms with Crippen molar-refractivity contribution in [3.8, 4) is 0 Å². The quantitative estimate of drug-likeness (QED) is 0.725. The number of nitrogens with two attached hydrogens (primary N) is 1. The summed E-state index contributed by atoms with van der Waals surface area (Å²) in [6.45, 7) is 4.17. The van der Waals surface area contributed by atoms with E-state index in [2.05, 4.69) is 6.92 Å². The van der Waals surface area contributed by atoms with Crippen LogP contribution in [-0.2, 0) is 5.54 Å². The van der Waals surface area contributed by atoms with Crippen LogP contribution in [0.2, 0.25) is 0 Å². The Balaban J connectivity index is 2.55. The Bertz CT molecular complexity index is 320. The van der Waals surface area contributed by atoms with Gasteiger partial charge in [-0.15, -0.1) is 0 Å². The Morgan fingerprint density at radius 1 is 1.25 bits per heavy atom. The van der Waals surface area contributed by atoms with Gasteiger partial charge in [0.05, 0.1) is 0 Å². The third-order valence-electron chi connectivity index (χ3n) is 3.03. The lowest BCUT2D eigenvalue weighted by Crippen LogP contribution is -2.32. The second-order valence-electron chi connectivity index (χ2n) is 4.74. The highest BCUT2D eigenvalue weighted by Crippen LogP contribution is 2.24. The van der Waals surface area contributed by atoms with Crippen molar-refractivity contribution in [1.29, 1.82) is 0 Å². The summed E-state index contributed by atoms with van der Waals surface area (Å²) in [5.41, 5.74) is 6.71. The third-order valence-corrected chi connectivity index (χ3v) is 3.03. The molecule has 0 spiro atoms. The zero-order valence-electron chi connectivity index (χ0n) is 10.3. The van der Waals surface area contributed by atoms with Gasteiger partial charge in [-0.05, 0) is 31.0 Å². The third kappa shape index (κ3) is 3.93. The first-order valence-corrected chi connectivity index (χ1v) is 6.11. The van der Waals surface area contributed by atoms with Gasteiger partial charge in [-0.1, -0.05) is 44.7 Å². The van der Waals surface area contributed by atoms with Crippen molar-refractivity contribution in [2.24, 2.45) is 5.73 Å². The fraction of sp³-hybridized carbons (Fsp3) is 0.571. The van der Waals surface area contributed by atoms with E-state index >= 15 is 0 Å². The Hall–Kier alpha value is -0.890. The van der Waals surface area contributed by atoms with Crippen LogP contribution in [0.3, 0.4) is 0 Å². The van der Waals surface area contributed by atoms with Crippen LogP contribution in [0.5, 0.6) is 0 Å². The van der Waals surface area contributed by atoms with Crippen LogP contribution in [0.25, 0.3) is 0 Å². The van der Waals surface area contributed by atoms with Crippen molar-refractivity contribution in [3.63, 3.8) is 0 Å². The minimum Gasteiger partial charge on any atom is -0.322 e. The van der Waals surface area contributed by atoms with Crippen molar-refractivity contribution in [2.75, 3.05) is 0 Å². The molecule has 2 heteroatoms. The normalized spacial score (nSPS) is 14.8. The predicted molar refractivity (Wildman–Crippen MR) is 66.7 cm³/mol. The van der Waals surface area contributed by atoms with Gasteiger partial charge in [-0.25, -0.2) is 4.39 Å². The number of benzene rings is 1. The first kappa shape index (κ1) is 13.2. The molecule has 1 rings (SSSR count). The molecule has 1 aromatic carbocycles. The van der Waals surface area contributed by atoms with Crippen LogP contribution in [0.15, 0.2) is 24.3 Å². The largest absolute Gasteiger partial charge is 0.322 e. The predicted octanol–water partition coefficient (Wildman–Crippen LogP) is 3.97. The fourth-order valence-electron chi connectivity index (χ4n) is 1.91. The van der Waals surface area contributed by atoms with E-state index in [1.54, 1.807) is 12.1 Å². The van der Waals surface area contributed by atoms with Gasteiger partial charge in [0.2, 0.25) is 0 Å². The molecular formula is C14H22FN. The zero-order chi connectivity index (χ0) is 12.0. The molecule has 0 aromatic heterocycles. The van der Waals surface area contributed by atoms with Crippen LogP contribution in [0, 0.1) is 5.82 Å². The van der Waals surface area contributed by atoms with Gasteiger partial charge in [-0.3, -0.25) is 0 Å². The maximum Gasteiger partial charge on any atom is 0.123 e. The summed E-state index contributed by atoms with van der Waals surface area (Å²) in [6, 6.07) is 6.63.